The van der Waals surface area contributed by atoms with Crippen LogP contribution in [-0.4, -0.2) is 5.78 Å². The van der Waals surface area contributed by atoms with Gasteiger partial charge >= 0.3 is 0 Å². The van der Waals surface area contributed by atoms with Crippen LogP contribution in [0.5, 0.6) is 0 Å². The summed E-state index contributed by atoms with van der Waals surface area (Å²) in [6, 6.07) is 0. The normalized spacial score (nSPS) is 32.8. The van der Waals surface area contributed by atoms with Crippen molar-refractivity contribution in [1.29, 1.82) is 0 Å². The summed E-state index contributed by atoms with van der Waals surface area (Å²) < 4.78 is 0. The molecule has 0 saturated heterocycles. The monoisotopic (exact) mass is 192 g/mol. The van der Waals surface area contributed by atoms with Gasteiger partial charge in [0.25, 0.3) is 0 Å². The number of rotatable bonds is 2. The van der Waals surface area contributed by atoms with Crippen molar-refractivity contribution in [2.24, 2.45) is 11.8 Å². The molecule has 0 aromatic heterocycles. The highest BCUT2D eigenvalue weighted by molar-refractivity contribution is 5.97. The standard InChI is InChI=1S/C13H20O/c1-10-6-8-12(9-7-10)13(14)11-4-2-3-5-11/h4,10,12H,2-3,5-9H2,1H3. The maximum atomic E-state index is 12.0. The molecule has 1 nitrogen and oxygen atoms in total. The summed E-state index contributed by atoms with van der Waals surface area (Å²) in [5, 5.41) is 0. The van der Waals surface area contributed by atoms with Crippen LogP contribution in [0.4, 0.5) is 0 Å². The molecule has 1 heteroatoms. The number of hydrogen-bond donors (Lipinski definition) is 0. The van der Waals surface area contributed by atoms with Gasteiger partial charge in [0.15, 0.2) is 5.78 Å². The molecule has 0 atom stereocenters. The summed E-state index contributed by atoms with van der Waals surface area (Å²) in [5.41, 5.74) is 1.14. The number of hydrogen-bond acceptors (Lipinski definition) is 1. The van der Waals surface area contributed by atoms with Crippen molar-refractivity contribution in [3.05, 3.63) is 11.6 Å². The summed E-state index contributed by atoms with van der Waals surface area (Å²) in [6.45, 7) is 2.30. The van der Waals surface area contributed by atoms with Crippen LogP contribution in [0.2, 0.25) is 0 Å². The van der Waals surface area contributed by atoms with E-state index in [0.717, 1.165) is 37.2 Å². The van der Waals surface area contributed by atoms with Gasteiger partial charge in [-0.25, -0.2) is 0 Å². The van der Waals surface area contributed by atoms with E-state index in [2.05, 4.69) is 13.0 Å². The molecule has 0 heterocycles. The Kier molecular flexibility index (Phi) is 3.05. The lowest BCUT2D eigenvalue weighted by Gasteiger charge is -2.25. The van der Waals surface area contributed by atoms with Crippen LogP contribution in [0.25, 0.3) is 0 Å². The van der Waals surface area contributed by atoms with Gasteiger partial charge in [-0.15, -0.1) is 0 Å². The highest BCUT2D eigenvalue weighted by Gasteiger charge is 2.26. The van der Waals surface area contributed by atoms with E-state index in [4.69, 9.17) is 0 Å². The average molecular weight is 192 g/mol. The number of Topliss-reactive ketones (excluding diaryl/α,β-unsaturated/α-hetero) is 1. The van der Waals surface area contributed by atoms with Crippen molar-refractivity contribution in [1.82, 2.24) is 0 Å². The Bertz CT molecular complexity index is 244. The minimum absolute atomic E-state index is 0.371. The molecule has 2 rings (SSSR count). The van der Waals surface area contributed by atoms with Crippen molar-refractivity contribution in [3.63, 3.8) is 0 Å². The Labute approximate surface area is 86.6 Å². The van der Waals surface area contributed by atoms with Gasteiger partial charge in [0, 0.05) is 5.92 Å². The van der Waals surface area contributed by atoms with Crippen molar-refractivity contribution in [2.45, 2.75) is 51.9 Å². The van der Waals surface area contributed by atoms with E-state index in [0.29, 0.717) is 11.7 Å². The van der Waals surface area contributed by atoms with Crippen LogP contribution in [0, 0.1) is 11.8 Å². The van der Waals surface area contributed by atoms with Gasteiger partial charge in [-0.2, -0.15) is 0 Å². The second kappa shape index (κ2) is 4.29. The molecule has 0 N–H and O–H groups in total. The molecule has 0 amide bonds. The van der Waals surface area contributed by atoms with E-state index in [9.17, 15) is 4.79 Å². The molecule has 0 spiro atoms. The van der Waals surface area contributed by atoms with Gasteiger partial charge < -0.3 is 0 Å². The predicted octanol–water partition coefficient (Wildman–Crippen LogP) is 3.49. The molecule has 1 fully saturated rings. The molecule has 78 valence electrons. The first-order valence-electron chi connectivity index (χ1n) is 6.00. The second-order valence-corrected chi connectivity index (χ2v) is 4.94. The van der Waals surface area contributed by atoms with E-state index < -0.39 is 0 Å². The Morgan fingerprint density at radius 2 is 2.00 bits per heavy atom. The first-order chi connectivity index (χ1) is 6.77. The maximum absolute atomic E-state index is 12.0. The lowest BCUT2D eigenvalue weighted by atomic mass is 9.79. The summed E-state index contributed by atoms with van der Waals surface area (Å²) in [5.74, 6) is 1.70. The summed E-state index contributed by atoms with van der Waals surface area (Å²) in [4.78, 5) is 12.0. The minimum Gasteiger partial charge on any atom is -0.294 e. The maximum Gasteiger partial charge on any atom is 0.161 e. The summed E-state index contributed by atoms with van der Waals surface area (Å²) in [6.07, 6.45) is 10.3. The zero-order chi connectivity index (χ0) is 9.97. The smallest absolute Gasteiger partial charge is 0.161 e. The first-order valence-corrected chi connectivity index (χ1v) is 6.00. The van der Waals surface area contributed by atoms with Crippen LogP contribution >= 0.6 is 0 Å². The fourth-order valence-corrected chi connectivity index (χ4v) is 2.68. The van der Waals surface area contributed by atoms with Gasteiger partial charge in [-0.3, -0.25) is 4.79 Å². The zero-order valence-electron chi connectivity index (χ0n) is 9.09. The Balaban J connectivity index is 1.91. The van der Waals surface area contributed by atoms with Crippen LogP contribution in [0.1, 0.15) is 51.9 Å². The van der Waals surface area contributed by atoms with Gasteiger partial charge in [-0.05, 0) is 43.6 Å². The molecule has 0 radical (unpaired) electrons. The molecule has 0 aliphatic heterocycles. The third-order valence-electron chi connectivity index (χ3n) is 3.74. The van der Waals surface area contributed by atoms with Gasteiger partial charge in [0.2, 0.25) is 0 Å². The Morgan fingerprint density at radius 3 is 2.57 bits per heavy atom. The molecular weight excluding hydrogens is 172 g/mol. The van der Waals surface area contributed by atoms with Gasteiger partial charge in [0.1, 0.15) is 0 Å². The molecule has 0 bridgehead atoms. The predicted molar refractivity (Wildman–Crippen MR) is 58.1 cm³/mol. The van der Waals surface area contributed by atoms with Crippen molar-refractivity contribution < 1.29 is 4.79 Å². The van der Waals surface area contributed by atoms with E-state index in [1.807, 2.05) is 0 Å². The quantitative estimate of drug-likeness (QED) is 0.654. The van der Waals surface area contributed by atoms with Crippen LogP contribution in [-0.2, 0) is 4.79 Å². The van der Waals surface area contributed by atoms with Gasteiger partial charge in [0.05, 0.1) is 0 Å². The molecule has 2 aliphatic rings. The topological polar surface area (TPSA) is 17.1 Å². The highest BCUT2D eigenvalue weighted by Crippen LogP contribution is 2.32. The van der Waals surface area contributed by atoms with Crippen molar-refractivity contribution in [3.8, 4) is 0 Å². The van der Waals surface area contributed by atoms with Crippen molar-refractivity contribution in [2.75, 3.05) is 0 Å². The number of carbonyl (C=O) groups excluding carboxylic acids is 1. The van der Waals surface area contributed by atoms with E-state index in [-0.39, 0.29) is 0 Å². The van der Waals surface area contributed by atoms with Crippen LogP contribution in [0.15, 0.2) is 11.6 Å². The largest absolute Gasteiger partial charge is 0.294 e. The summed E-state index contributed by atoms with van der Waals surface area (Å²) in [7, 11) is 0. The third-order valence-corrected chi connectivity index (χ3v) is 3.74. The van der Waals surface area contributed by atoms with Gasteiger partial charge in [-0.1, -0.05) is 25.8 Å². The number of ketones is 1. The molecular formula is C13H20O. The second-order valence-electron chi connectivity index (χ2n) is 4.94. The molecule has 1 saturated carbocycles. The Morgan fingerprint density at radius 1 is 1.29 bits per heavy atom. The minimum atomic E-state index is 0.371. The molecule has 2 aliphatic carbocycles. The van der Waals surface area contributed by atoms with Crippen molar-refractivity contribution >= 4 is 5.78 Å². The summed E-state index contributed by atoms with van der Waals surface area (Å²) >= 11 is 0. The highest BCUT2D eigenvalue weighted by atomic mass is 16.1. The van der Waals surface area contributed by atoms with E-state index in [1.54, 1.807) is 0 Å². The fraction of sp³-hybridized carbons (Fsp3) is 0.769. The van der Waals surface area contributed by atoms with E-state index in [1.165, 1.54) is 19.3 Å². The SMILES string of the molecule is CC1CCC(C(=O)C2=CCCC2)CC1. The third kappa shape index (κ3) is 2.08. The number of carbonyl (C=O) groups is 1. The number of allylic oxidation sites excluding steroid dienone is 2. The Hall–Kier alpha value is -0.590. The zero-order valence-corrected chi connectivity index (χ0v) is 9.09. The molecule has 0 unspecified atom stereocenters. The molecule has 0 aromatic carbocycles. The first kappa shape index (κ1) is 9.95. The van der Waals surface area contributed by atoms with E-state index >= 15 is 0 Å². The lowest BCUT2D eigenvalue weighted by Crippen LogP contribution is -2.21. The molecule has 14 heavy (non-hydrogen) atoms. The fourth-order valence-electron chi connectivity index (χ4n) is 2.68. The molecule has 0 aromatic rings. The van der Waals surface area contributed by atoms with Crippen LogP contribution < -0.4 is 0 Å². The average Bonchev–Trinajstić information content (AvgIpc) is 2.71. The lowest BCUT2D eigenvalue weighted by molar-refractivity contribution is -0.120. The van der Waals surface area contributed by atoms with Crippen LogP contribution in [0.3, 0.4) is 0 Å².